The molecule has 11 aromatic rings. The first-order valence-electron chi connectivity index (χ1n) is 21.6. The molecule has 0 saturated carbocycles. The molecule has 1 heteroatoms. The predicted octanol–water partition coefficient (Wildman–Crippen LogP) is 16.3. The molecular formula is C61H39N. The van der Waals surface area contributed by atoms with Crippen LogP contribution in [0.15, 0.2) is 237 Å². The summed E-state index contributed by atoms with van der Waals surface area (Å²) < 4.78 is 0. The molecule has 0 radical (unpaired) electrons. The lowest BCUT2D eigenvalue weighted by atomic mass is 9.70. The van der Waals surface area contributed by atoms with Crippen LogP contribution in [-0.2, 0) is 5.41 Å². The summed E-state index contributed by atoms with van der Waals surface area (Å²) in [6.07, 6.45) is 0. The molecule has 0 amide bonds. The van der Waals surface area contributed by atoms with Gasteiger partial charge in [-0.1, -0.05) is 206 Å². The topological polar surface area (TPSA) is 3.24 Å². The molecule has 2 aliphatic rings. The Bertz CT molecular complexity index is 3540. The summed E-state index contributed by atoms with van der Waals surface area (Å²) >= 11 is 0. The number of benzene rings is 11. The zero-order valence-corrected chi connectivity index (χ0v) is 34.0. The molecule has 0 atom stereocenters. The summed E-state index contributed by atoms with van der Waals surface area (Å²) in [5.74, 6) is 0. The van der Waals surface area contributed by atoms with Gasteiger partial charge in [-0.05, 0) is 119 Å². The summed E-state index contributed by atoms with van der Waals surface area (Å²) in [7, 11) is 0. The zero-order valence-electron chi connectivity index (χ0n) is 34.0. The Balaban J connectivity index is 1.02. The number of rotatable bonds is 5. The molecule has 0 aliphatic heterocycles. The second-order valence-corrected chi connectivity index (χ2v) is 16.7. The number of anilines is 3. The van der Waals surface area contributed by atoms with Crippen LogP contribution in [-0.4, -0.2) is 0 Å². The highest BCUT2D eigenvalue weighted by atomic mass is 15.1. The van der Waals surface area contributed by atoms with Gasteiger partial charge in [0, 0.05) is 16.5 Å². The van der Waals surface area contributed by atoms with Crippen molar-refractivity contribution in [3.63, 3.8) is 0 Å². The maximum Gasteiger partial charge on any atom is 0.0725 e. The van der Waals surface area contributed by atoms with Crippen LogP contribution in [0.3, 0.4) is 0 Å². The fourth-order valence-corrected chi connectivity index (χ4v) is 11.1. The van der Waals surface area contributed by atoms with E-state index in [1.807, 2.05) is 0 Å². The first-order valence-corrected chi connectivity index (χ1v) is 21.6. The SMILES string of the molecule is c1ccc2c(c1)-c1ccccc1C21c2ccccc2-c2c(-c3ccc4cccc(N(c5ccc(-c6cccc7ccccc67)cc5)c5cccc6ccccc56)c4c3)cccc21. The molecule has 11 aromatic carbocycles. The normalized spacial score (nSPS) is 13.0. The van der Waals surface area contributed by atoms with Crippen LogP contribution in [0.2, 0.25) is 0 Å². The van der Waals surface area contributed by atoms with Crippen molar-refractivity contribution in [1.82, 2.24) is 0 Å². The molecule has 1 spiro atoms. The van der Waals surface area contributed by atoms with E-state index in [4.69, 9.17) is 0 Å². The van der Waals surface area contributed by atoms with Crippen molar-refractivity contribution in [2.45, 2.75) is 5.41 Å². The van der Waals surface area contributed by atoms with Gasteiger partial charge in [0.25, 0.3) is 0 Å². The zero-order chi connectivity index (χ0) is 40.8. The van der Waals surface area contributed by atoms with Crippen molar-refractivity contribution < 1.29 is 0 Å². The number of nitrogens with zero attached hydrogens (tertiary/aromatic N) is 1. The van der Waals surface area contributed by atoms with E-state index in [-0.39, 0.29) is 5.41 Å². The van der Waals surface area contributed by atoms with Crippen LogP contribution >= 0.6 is 0 Å². The Labute approximate surface area is 361 Å². The fraction of sp³-hybridized carbons (Fsp3) is 0.0164. The number of fused-ring (bicyclic) bond motifs is 13. The highest BCUT2D eigenvalue weighted by Gasteiger charge is 2.51. The third kappa shape index (κ3) is 4.91. The van der Waals surface area contributed by atoms with Gasteiger partial charge in [0.15, 0.2) is 0 Å². The van der Waals surface area contributed by atoms with Gasteiger partial charge in [-0.3, -0.25) is 0 Å². The third-order valence-electron chi connectivity index (χ3n) is 13.7. The van der Waals surface area contributed by atoms with E-state index in [0.29, 0.717) is 0 Å². The maximum absolute atomic E-state index is 2.47. The van der Waals surface area contributed by atoms with Crippen molar-refractivity contribution in [2.24, 2.45) is 0 Å². The first-order chi connectivity index (χ1) is 30.8. The summed E-state index contributed by atoms with van der Waals surface area (Å²) in [5, 5.41) is 7.33. The minimum Gasteiger partial charge on any atom is -0.309 e. The fourth-order valence-electron chi connectivity index (χ4n) is 11.1. The quantitative estimate of drug-likeness (QED) is 0.168. The van der Waals surface area contributed by atoms with Crippen molar-refractivity contribution in [3.05, 3.63) is 259 Å². The molecule has 0 fully saturated rings. The van der Waals surface area contributed by atoms with Gasteiger partial charge < -0.3 is 4.90 Å². The Morgan fingerprint density at radius 2 is 0.726 bits per heavy atom. The van der Waals surface area contributed by atoms with E-state index in [1.165, 1.54) is 99.1 Å². The Morgan fingerprint density at radius 3 is 1.44 bits per heavy atom. The third-order valence-corrected chi connectivity index (χ3v) is 13.7. The van der Waals surface area contributed by atoms with E-state index in [2.05, 4.69) is 241 Å². The smallest absolute Gasteiger partial charge is 0.0725 e. The molecule has 0 unspecified atom stereocenters. The lowest BCUT2D eigenvalue weighted by molar-refractivity contribution is 0.794. The molecule has 0 heterocycles. The van der Waals surface area contributed by atoms with Crippen molar-refractivity contribution in [3.8, 4) is 44.5 Å². The molecule has 0 bridgehead atoms. The van der Waals surface area contributed by atoms with Gasteiger partial charge in [-0.2, -0.15) is 0 Å². The lowest BCUT2D eigenvalue weighted by Crippen LogP contribution is -2.25. The lowest BCUT2D eigenvalue weighted by Gasteiger charge is -2.30. The van der Waals surface area contributed by atoms with Gasteiger partial charge in [0.2, 0.25) is 0 Å². The largest absolute Gasteiger partial charge is 0.309 e. The highest BCUT2D eigenvalue weighted by Crippen LogP contribution is 2.64. The standard InChI is InChI=1S/C61H39N/c1-3-20-46-40(15-1)17-11-25-47(46)43-35-37-45(38-36-43)62(58-31-12-18-41-16-2-4-21-48(41)58)59-32-13-19-42-33-34-44(39-53(42)59)49-26-14-30-57-60(49)52-24-7-10-29-56(52)61(57)54-27-8-5-22-50(54)51-23-6-9-28-55(51)61/h1-39H. The Kier molecular flexibility index (Phi) is 7.59. The monoisotopic (exact) mass is 785 g/mol. The molecule has 0 aromatic heterocycles. The summed E-state index contributed by atoms with van der Waals surface area (Å²) in [5.41, 5.74) is 18.6. The van der Waals surface area contributed by atoms with Crippen LogP contribution in [0.4, 0.5) is 17.1 Å². The number of hydrogen-bond acceptors (Lipinski definition) is 1. The minimum absolute atomic E-state index is 0.388. The van der Waals surface area contributed by atoms with Gasteiger partial charge in [-0.25, -0.2) is 0 Å². The van der Waals surface area contributed by atoms with E-state index < -0.39 is 0 Å². The van der Waals surface area contributed by atoms with Crippen LogP contribution in [0.1, 0.15) is 22.3 Å². The van der Waals surface area contributed by atoms with Gasteiger partial charge in [-0.15, -0.1) is 0 Å². The summed E-state index contributed by atoms with van der Waals surface area (Å²) in [6, 6.07) is 87.8. The van der Waals surface area contributed by atoms with Crippen LogP contribution in [0.5, 0.6) is 0 Å². The van der Waals surface area contributed by atoms with Crippen molar-refractivity contribution >= 4 is 49.4 Å². The molecule has 288 valence electrons. The molecule has 0 N–H and O–H groups in total. The van der Waals surface area contributed by atoms with Crippen molar-refractivity contribution in [1.29, 1.82) is 0 Å². The molecular weight excluding hydrogens is 747 g/mol. The first kappa shape index (κ1) is 34.8. The predicted molar refractivity (Wildman–Crippen MR) is 261 cm³/mol. The average Bonchev–Trinajstić information content (AvgIpc) is 3.82. The second kappa shape index (κ2) is 13.5. The molecule has 13 rings (SSSR count). The average molecular weight is 786 g/mol. The van der Waals surface area contributed by atoms with Crippen LogP contribution < -0.4 is 4.90 Å². The van der Waals surface area contributed by atoms with Gasteiger partial charge >= 0.3 is 0 Å². The maximum atomic E-state index is 2.47. The van der Waals surface area contributed by atoms with E-state index in [0.717, 1.165) is 17.1 Å². The molecule has 0 saturated heterocycles. The van der Waals surface area contributed by atoms with Crippen LogP contribution in [0, 0.1) is 0 Å². The number of hydrogen-bond donors (Lipinski definition) is 0. The van der Waals surface area contributed by atoms with E-state index in [9.17, 15) is 0 Å². The molecule has 1 nitrogen and oxygen atoms in total. The van der Waals surface area contributed by atoms with E-state index in [1.54, 1.807) is 0 Å². The van der Waals surface area contributed by atoms with E-state index >= 15 is 0 Å². The highest BCUT2D eigenvalue weighted by molar-refractivity contribution is 6.07. The second-order valence-electron chi connectivity index (χ2n) is 16.7. The van der Waals surface area contributed by atoms with Gasteiger partial charge in [0.1, 0.15) is 0 Å². The molecule has 62 heavy (non-hydrogen) atoms. The van der Waals surface area contributed by atoms with Crippen molar-refractivity contribution in [2.75, 3.05) is 4.90 Å². The summed E-state index contributed by atoms with van der Waals surface area (Å²) in [4.78, 5) is 2.47. The Morgan fingerprint density at radius 1 is 0.274 bits per heavy atom. The Hall–Kier alpha value is -8.00. The summed E-state index contributed by atoms with van der Waals surface area (Å²) in [6.45, 7) is 0. The minimum atomic E-state index is -0.388. The molecule has 2 aliphatic carbocycles. The van der Waals surface area contributed by atoms with Crippen LogP contribution in [0.25, 0.3) is 76.8 Å². The van der Waals surface area contributed by atoms with Gasteiger partial charge in [0.05, 0.1) is 16.8 Å².